The molecule has 0 fully saturated rings. The molecule has 142 valence electrons. The zero-order valence-corrected chi connectivity index (χ0v) is 16.4. The Bertz CT molecular complexity index is 869. The van der Waals surface area contributed by atoms with Gasteiger partial charge in [-0.05, 0) is 37.6 Å². The number of esters is 1. The van der Waals surface area contributed by atoms with Crippen molar-refractivity contribution in [2.24, 2.45) is 0 Å². The Morgan fingerprint density at radius 2 is 1.88 bits per heavy atom. The van der Waals surface area contributed by atoms with Crippen LogP contribution in [-0.2, 0) is 21.3 Å². The number of nitrogens with one attached hydrogen (secondary N) is 1. The molecule has 0 aliphatic carbocycles. The van der Waals surface area contributed by atoms with Crippen molar-refractivity contribution in [2.45, 2.75) is 31.3 Å². The second kappa shape index (κ2) is 8.03. The summed E-state index contributed by atoms with van der Waals surface area (Å²) in [4.78, 5) is 11.9. The fourth-order valence-electron chi connectivity index (χ4n) is 2.45. The number of carbonyl (C=O) groups excluding carboxylic acids is 1. The highest BCUT2D eigenvalue weighted by Gasteiger charge is 2.18. The molecule has 0 aliphatic heterocycles. The maximum Gasteiger partial charge on any atom is 0.341 e. The topological polar surface area (TPSA) is 88.8 Å². The highest BCUT2D eigenvalue weighted by atomic mass is 32.2. The molecule has 0 radical (unpaired) electrons. The standard InChI is InChI=1S/C18H24N2O5S/c1-12(14-6-8-16(9-7-14)26(22,23)20(3)4)19-11-15-10-17(13(2)25-15)18(21)24-5/h6-10,12,19H,11H2,1-5H3. The molecule has 7 nitrogen and oxygen atoms in total. The SMILES string of the molecule is COC(=O)c1cc(CNC(C)c2ccc(S(=O)(=O)N(C)C)cc2)oc1C. The molecule has 2 aromatic rings. The first-order chi connectivity index (χ1) is 12.2. The Balaban J connectivity index is 2.04. The van der Waals surface area contributed by atoms with Gasteiger partial charge in [0.1, 0.15) is 17.1 Å². The molecule has 0 bridgehead atoms. The number of ether oxygens (including phenoxy) is 1. The predicted octanol–water partition coefficient (Wildman–Crippen LogP) is 2.48. The van der Waals surface area contributed by atoms with E-state index in [2.05, 4.69) is 5.32 Å². The first-order valence-electron chi connectivity index (χ1n) is 8.10. The summed E-state index contributed by atoms with van der Waals surface area (Å²) in [5.41, 5.74) is 1.36. The van der Waals surface area contributed by atoms with Gasteiger partial charge >= 0.3 is 5.97 Å². The number of hydrogen-bond acceptors (Lipinski definition) is 6. The van der Waals surface area contributed by atoms with E-state index in [4.69, 9.17) is 9.15 Å². The molecule has 0 saturated carbocycles. The van der Waals surface area contributed by atoms with Gasteiger partial charge in [0.05, 0.1) is 18.6 Å². The van der Waals surface area contributed by atoms with Crippen LogP contribution in [0.3, 0.4) is 0 Å². The van der Waals surface area contributed by atoms with Crippen LogP contribution in [0.2, 0.25) is 0 Å². The summed E-state index contributed by atoms with van der Waals surface area (Å²) in [6.45, 7) is 4.10. The lowest BCUT2D eigenvalue weighted by Gasteiger charge is -2.15. The normalized spacial score (nSPS) is 13.0. The zero-order chi connectivity index (χ0) is 19.5. The Labute approximate surface area is 154 Å². The van der Waals surface area contributed by atoms with E-state index in [1.54, 1.807) is 37.3 Å². The smallest absolute Gasteiger partial charge is 0.341 e. The summed E-state index contributed by atoms with van der Waals surface area (Å²) in [5, 5.41) is 3.29. The lowest BCUT2D eigenvalue weighted by atomic mass is 10.1. The van der Waals surface area contributed by atoms with E-state index in [1.807, 2.05) is 6.92 Å². The third kappa shape index (κ3) is 4.32. The Kier molecular flexibility index (Phi) is 6.22. The highest BCUT2D eigenvalue weighted by Crippen LogP contribution is 2.20. The van der Waals surface area contributed by atoms with Crippen LogP contribution in [-0.4, -0.2) is 39.9 Å². The summed E-state index contributed by atoms with van der Waals surface area (Å²) in [7, 11) is 0.898. The van der Waals surface area contributed by atoms with E-state index in [0.717, 1.165) is 5.56 Å². The van der Waals surface area contributed by atoms with Gasteiger partial charge in [-0.3, -0.25) is 0 Å². The number of aryl methyl sites for hydroxylation is 1. The second-order valence-electron chi connectivity index (χ2n) is 6.13. The van der Waals surface area contributed by atoms with E-state index < -0.39 is 16.0 Å². The largest absolute Gasteiger partial charge is 0.465 e. The van der Waals surface area contributed by atoms with Crippen LogP contribution in [0, 0.1) is 6.92 Å². The summed E-state index contributed by atoms with van der Waals surface area (Å²) in [6, 6.07) is 8.37. The number of benzene rings is 1. The molecular formula is C18H24N2O5S. The zero-order valence-electron chi connectivity index (χ0n) is 15.6. The third-order valence-corrected chi connectivity index (χ3v) is 5.94. The molecule has 1 unspecified atom stereocenters. The van der Waals surface area contributed by atoms with Crippen LogP contribution in [0.1, 0.15) is 40.4 Å². The van der Waals surface area contributed by atoms with E-state index in [9.17, 15) is 13.2 Å². The number of rotatable bonds is 7. The van der Waals surface area contributed by atoms with E-state index >= 15 is 0 Å². The van der Waals surface area contributed by atoms with Crippen molar-refractivity contribution in [1.82, 2.24) is 9.62 Å². The van der Waals surface area contributed by atoms with Crippen LogP contribution in [0.5, 0.6) is 0 Å². The van der Waals surface area contributed by atoms with Crippen molar-refractivity contribution in [2.75, 3.05) is 21.2 Å². The number of methoxy groups -OCH3 is 1. The van der Waals surface area contributed by atoms with Crippen LogP contribution in [0.25, 0.3) is 0 Å². The molecule has 1 N–H and O–H groups in total. The average molecular weight is 380 g/mol. The fourth-order valence-corrected chi connectivity index (χ4v) is 3.36. The molecule has 0 aliphatic rings. The fraction of sp³-hybridized carbons (Fsp3) is 0.389. The van der Waals surface area contributed by atoms with Crippen molar-refractivity contribution in [3.05, 3.63) is 53.0 Å². The Morgan fingerprint density at radius 1 is 1.27 bits per heavy atom. The number of furan rings is 1. The van der Waals surface area contributed by atoms with Crippen molar-refractivity contribution in [1.29, 1.82) is 0 Å². The first-order valence-corrected chi connectivity index (χ1v) is 9.54. The van der Waals surface area contributed by atoms with Crippen LogP contribution < -0.4 is 5.32 Å². The summed E-state index contributed by atoms with van der Waals surface area (Å²) in [6.07, 6.45) is 0. The molecule has 0 spiro atoms. The van der Waals surface area contributed by atoms with Crippen molar-refractivity contribution in [3.63, 3.8) is 0 Å². The van der Waals surface area contributed by atoms with Gasteiger partial charge in [0, 0.05) is 20.1 Å². The Hall–Kier alpha value is -2.16. The van der Waals surface area contributed by atoms with E-state index in [0.29, 0.717) is 23.6 Å². The molecule has 0 saturated heterocycles. The minimum atomic E-state index is -3.43. The maximum atomic E-state index is 12.1. The molecule has 1 atom stereocenters. The van der Waals surface area contributed by atoms with Crippen LogP contribution in [0.4, 0.5) is 0 Å². The van der Waals surface area contributed by atoms with Crippen LogP contribution in [0.15, 0.2) is 39.6 Å². The minimum Gasteiger partial charge on any atom is -0.465 e. The van der Waals surface area contributed by atoms with Crippen molar-refractivity contribution >= 4 is 16.0 Å². The van der Waals surface area contributed by atoms with Gasteiger partial charge in [-0.1, -0.05) is 12.1 Å². The summed E-state index contributed by atoms with van der Waals surface area (Å²) in [5.74, 6) is 0.712. The second-order valence-corrected chi connectivity index (χ2v) is 8.29. The van der Waals surface area contributed by atoms with Gasteiger partial charge in [0.25, 0.3) is 0 Å². The quantitative estimate of drug-likeness (QED) is 0.743. The Morgan fingerprint density at radius 3 is 2.42 bits per heavy atom. The lowest BCUT2D eigenvalue weighted by molar-refractivity contribution is 0.0599. The first kappa shape index (κ1) is 20.2. The van der Waals surface area contributed by atoms with E-state index in [-0.39, 0.29) is 10.9 Å². The van der Waals surface area contributed by atoms with Crippen molar-refractivity contribution < 1.29 is 22.4 Å². The number of hydrogen-bond donors (Lipinski definition) is 1. The molecule has 0 amide bonds. The molecule has 1 heterocycles. The lowest BCUT2D eigenvalue weighted by Crippen LogP contribution is -2.22. The van der Waals surface area contributed by atoms with Crippen LogP contribution >= 0.6 is 0 Å². The monoisotopic (exact) mass is 380 g/mol. The maximum absolute atomic E-state index is 12.1. The molecule has 26 heavy (non-hydrogen) atoms. The highest BCUT2D eigenvalue weighted by molar-refractivity contribution is 7.89. The summed E-state index contributed by atoms with van der Waals surface area (Å²) < 4.78 is 35.7. The van der Waals surface area contributed by atoms with Crippen molar-refractivity contribution in [3.8, 4) is 0 Å². The van der Waals surface area contributed by atoms with E-state index in [1.165, 1.54) is 25.5 Å². The molecule has 2 rings (SSSR count). The number of sulfonamides is 1. The van der Waals surface area contributed by atoms with Gasteiger partial charge in [-0.15, -0.1) is 0 Å². The summed E-state index contributed by atoms with van der Waals surface area (Å²) >= 11 is 0. The molecule has 1 aromatic heterocycles. The van der Waals surface area contributed by atoms with Gasteiger partial charge < -0.3 is 14.5 Å². The van der Waals surface area contributed by atoms with Gasteiger partial charge in [0.2, 0.25) is 10.0 Å². The predicted molar refractivity (Wildman–Crippen MR) is 97.4 cm³/mol. The minimum absolute atomic E-state index is 0.0295. The van der Waals surface area contributed by atoms with Gasteiger partial charge in [0.15, 0.2) is 0 Å². The average Bonchev–Trinajstić information content (AvgIpc) is 2.99. The third-order valence-electron chi connectivity index (χ3n) is 4.12. The van der Waals surface area contributed by atoms with Gasteiger partial charge in [-0.2, -0.15) is 0 Å². The molecule has 1 aromatic carbocycles. The molecular weight excluding hydrogens is 356 g/mol. The number of nitrogens with zero attached hydrogens (tertiary/aromatic N) is 1. The number of carbonyl (C=O) groups is 1. The molecule has 8 heteroatoms. The van der Waals surface area contributed by atoms with Gasteiger partial charge in [-0.25, -0.2) is 17.5 Å².